The number of likely N-dealkylation sites (tertiary alicyclic amines) is 1. The number of amides is 1. The zero-order valence-electron chi connectivity index (χ0n) is 20.3. The van der Waals surface area contributed by atoms with Gasteiger partial charge < -0.3 is 14.7 Å². The molecule has 2 aromatic rings. The molecular weight excluding hydrogens is 489 g/mol. The third-order valence-electron chi connectivity index (χ3n) is 6.13. The molecule has 35 heavy (non-hydrogen) atoms. The number of esters is 1. The van der Waals surface area contributed by atoms with Crippen molar-refractivity contribution in [2.45, 2.75) is 70.6 Å². The summed E-state index contributed by atoms with van der Waals surface area (Å²) in [6.45, 7) is 7.13. The summed E-state index contributed by atoms with van der Waals surface area (Å²) in [4.78, 5) is 40.4. The molecule has 1 aliphatic heterocycles. The van der Waals surface area contributed by atoms with Crippen LogP contribution in [0.2, 0.25) is 10.0 Å². The van der Waals surface area contributed by atoms with Gasteiger partial charge in [-0.1, -0.05) is 54.4 Å². The molecule has 0 aliphatic carbocycles. The van der Waals surface area contributed by atoms with E-state index in [9.17, 15) is 19.5 Å². The SMILES string of the molecule is CCC(C(=O)OC(C)(C)C)N1C(=O)[C@H](CC(=O)O)C[C@H](c2cccc(Cl)c2)[C@H]1c1ccc(Cl)cc1. The number of ether oxygens (including phenoxy) is 1. The lowest BCUT2D eigenvalue weighted by Crippen LogP contribution is -2.55. The number of rotatable bonds is 7. The maximum absolute atomic E-state index is 13.8. The van der Waals surface area contributed by atoms with E-state index >= 15 is 0 Å². The molecule has 0 saturated carbocycles. The molecule has 3 rings (SSSR count). The first-order valence-corrected chi connectivity index (χ1v) is 12.4. The number of halogens is 2. The van der Waals surface area contributed by atoms with E-state index in [4.69, 9.17) is 27.9 Å². The summed E-state index contributed by atoms with van der Waals surface area (Å²) < 4.78 is 5.68. The Morgan fingerprint density at radius 1 is 1.09 bits per heavy atom. The number of carboxylic acids is 1. The van der Waals surface area contributed by atoms with Gasteiger partial charge in [-0.15, -0.1) is 0 Å². The highest BCUT2D eigenvalue weighted by Crippen LogP contribution is 2.47. The van der Waals surface area contributed by atoms with E-state index in [0.29, 0.717) is 22.9 Å². The number of piperidine rings is 1. The molecule has 1 unspecified atom stereocenters. The lowest BCUT2D eigenvalue weighted by Gasteiger charge is -2.47. The minimum Gasteiger partial charge on any atom is -0.481 e. The number of carbonyl (C=O) groups is 3. The summed E-state index contributed by atoms with van der Waals surface area (Å²) in [7, 11) is 0. The van der Waals surface area contributed by atoms with Gasteiger partial charge in [-0.05, 0) is 69.0 Å². The van der Waals surface area contributed by atoms with Crippen molar-refractivity contribution >= 4 is 41.0 Å². The Hall–Kier alpha value is -2.57. The van der Waals surface area contributed by atoms with E-state index in [1.165, 1.54) is 0 Å². The Labute approximate surface area is 216 Å². The summed E-state index contributed by atoms with van der Waals surface area (Å²) in [5.41, 5.74) is 0.916. The Balaban J connectivity index is 2.20. The first kappa shape index (κ1) is 27.0. The number of benzene rings is 2. The number of carbonyl (C=O) groups excluding carboxylic acids is 2. The van der Waals surface area contributed by atoms with Gasteiger partial charge >= 0.3 is 11.9 Å². The predicted molar refractivity (Wildman–Crippen MR) is 136 cm³/mol. The molecule has 188 valence electrons. The molecular formula is C27H31Cl2NO5. The molecule has 1 saturated heterocycles. The van der Waals surface area contributed by atoms with Crippen molar-refractivity contribution in [2.24, 2.45) is 5.92 Å². The number of aliphatic carboxylic acids is 1. The van der Waals surface area contributed by atoms with Gasteiger partial charge in [0, 0.05) is 21.9 Å². The quantitative estimate of drug-likeness (QED) is 0.436. The summed E-state index contributed by atoms with van der Waals surface area (Å²) in [6, 6.07) is 13.1. The largest absolute Gasteiger partial charge is 0.481 e. The van der Waals surface area contributed by atoms with Crippen LogP contribution in [-0.4, -0.2) is 39.5 Å². The maximum Gasteiger partial charge on any atom is 0.329 e. The fourth-order valence-corrected chi connectivity index (χ4v) is 5.09. The van der Waals surface area contributed by atoms with Gasteiger partial charge in [0.05, 0.1) is 12.5 Å². The molecule has 6 nitrogen and oxygen atoms in total. The number of carboxylic acid groups (broad SMARTS) is 1. The summed E-state index contributed by atoms with van der Waals surface area (Å²) in [6.07, 6.45) is 0.289. The van der Waals surface area contributed by atoms with E-state index in [1.807, 2.05) is 37.3 Å². The first-order chi connectivity index (χ1) is 16.4. The second-order valence-corrected chi connectivity index (χ2v) is 10.8. The molecule has 0 aromatic heterocycles. The van der Waals surface area contributed by atoms with Crippen LogP contribution in [0.25, 0.3) is 0 Å². The zero-order chi connectivity index (χ0) is 25.9. The molecule has 0 spiro atoms. The Kier molecular flexibility index (Phi) is 8.50. The van der Waals surface area contributed by atoms with E-state index in [-0.39, 0.29) is 18.2 Å². The molecule has 0 bridgehead atoms. The van der Waals surface area contributed by atoms with Crippen LogP contribution < -0.4 is 0 Å². The van der Waals surface area contributed by atoms with Gasteiger partial charge in [-0.25, -0.2) is 4.79 Å². The van der Waals surface area contributed by atoms with Crippen molar-refractivity contribution in [3.63, 3.8) is 0 Å². The second-order valence-electron chi connectivity index (χ2n) is 9.89. The normalized spacial score (nSPS) is 21.5. The van der Waals surface area contributed by atoms with Gasteiger partial charge in [0.1, 0.15) is 11.6 Å². The van der Waals surface area contributed by atoms with Gasteiger partial charge in [0.25, 0.3) is 0 Å². The highest BCUT2D eigenvalue weighted by atomic mass is 35.5. The highest BCUT2D eigenvalue weighted by Gasteiger charge is 2.48. The third-order valence-corrected chi connectivity index (χ3v) is 6.62. The van der Waals surface area contributed by atoms with Crippen molar-refractivity contribution in [3.8, 4) is 0 Å². The van der Waals surface area contributed by atoms with Crippen molar-refractivity contribution in [2.75, 3.05) is 0 Å². The Bertz CT molecular complexity index is 1080. The van der Waals surface area contributed by atoms with E-state index in [1.54, 1.807) is 43.9 Å². The molecule has 1 heterocycles. The molecule has 8 heteroatoms. The average molecular weight is 520 g/mol. The van der Waals surface area contributed by atoms with E-state index < -0.39 is 35.5 Å². The molecule has 4 atom stereocenters. The van der Waals surface area contributed by atoms with Crippen LogP contribution >= 0.6 is 23.2 Å². The van der Waals surface area contributed by atoms with Gasteiger partial charge in [-0.3, -0.25) is 9.59 Å². The maximum atomic E-state index is 13.8. The Morgan fingerprint density at radius 2 is 1.74 bits per heavy atom. The monoisotopic (exact) mass is 519 g/mol. The second kappa shape index (κ2) is 11.0. The summed E-state index contributed by atoms with van der Waals surface area (Å²) in [5, 5.41) is 10.6. The number of hydrogen-bond acceptors (Lipinski definition) is 4. The van der Waals surface area contributed by atoms with E-state index in [0.717, 1.165) is 11.1 Å². The van der Waals surface area contributed by atoms with Crippen molar-refractivity contribution in [1.29, 1.82) is 0 Å². The highest BCUT2D eigenvalue weighted by molar-refractivity contribution is 6.30. The van der Waals surface area contributed by atoms with Crippen molar-refractivity contribution < 1.29 is 24.2 Å². The summed E-state index contributed by atoms with van der Waals surface area (Å²) >= 11 is 12.5. The van der Waals surface area contributed by atoms with Crippen LogP contribution in [0.1, 0.15) is 70.0 Å². The first-order valence-electron chi connectivity index (χ1n) is 11.7. The number of nitrogens with zero attached hydrogens (tertiary/aromatic N) is 1. The lowest BCUT2D eigenvalue weighted by atomic mass is 9.74. The van der Waals surface area contributed by atoms with Gasteiger partial charge in [0.15, 0.2) is 0 Å². The van der Waals surface area contributed by atoms with Crippen LogP contribution in [0.3, 0.4) is 0 Å². The third kappa shape index (κ3) is 6.56. The van der Waals surface area contributed by atoms with Crippen LogP contribution in [0.15, 0.2) is 48.5 Å². The van der Waals surface area contributed by atoms with Gasteiger partial charge in [0.2, 0.25) is 5.91 Å². The zero-order valence-corrected chi connectivity index (χ0v) is 21.8. The van der Waals surface area contributed by atoms with Crippen molar-refractivity contribution in [1.82, 2.24) is 4.90 Å². The molecule has 1 fully saturated rings. The van der Waals surface area contributed by atoms with Crippen LogP contribution in [-0.2, 0) is 19.1 Å². The topological polar surface area (TPSA) is 83.9 Å². The standard InChI is InChI=1S/C27H31Cl2NO5/c1-5-22(26(34)35-27(2,3)4)30-24(16-9-11-19(28)12-10-16)21(17-7-6-8-20(29)13-17)14-18(25(30)33)15-23(31)32/h6-13,18,21-22,24H,5,14-15H2,1-4H3,(H,31,32)/t18-,21+,22?,24+/m0/s1. The average Bonchev–Trinajstić information content (AvgIpc) is 2.75. The molecule has 2 aromatic carbocycles. The number of hydrogen-bond donors (Lipinski definition) is 1. The van der Waals surface area contributed by atoms with Gasteiger partial charge in [-0.2, -0.15) is 0 Å². The summed E-state index contributed by atoms with van der Waals surface area (Å²) in [5.74, 6) is -3.05. The van der Waals surface area contributed by atoms with Crippen LogP contribution in [0, 0.1) is 5.92 Å². The Morgan fingerprint density at radius 3 is 2.29 bits per heavy atom. The fraction of sp³-hybridized carbons (Fsp3) is 0.444. The minimum absolute atomic E-state index is 0.298. The molecule has 1 amide bonds. The fourth-order valence-electron chi connectivity index (χ4n) is 4.76. The van der Waals surface area contributed by atoms with Crippen LogP contribution in [0.4, 0.5) is 0 Å². The minimum atomic E-state index is -1.07. The predicted octanol–water partition coefficient (Wildman–Crippen LogP) is 6.26. The van der Waals surface area contributed by atoms with E-state index in [2.05, 4.69) is 0 Å². The molecule has 1 aliphatic rings. The lowest BCUT2D eigenvalue weighted by molar-refractivity contribution is -0.171. The van der Waals surface area contributed by atoms with Crippen LogP contribution in [0.5, 0.6) is 0 Å². The molecule has 0 radical (unpaired) electrons. The van der Waals surface area contributed by atoms with Crippen molar-refractivity contribution in [3.05, 3.63) is 69.7 Å². The smallest absolute Gasteiger partial charge is 0.329 e. The molecule has 1 N–H and O–H groups in total.